The molecule has 0 aliphatic heterocycles. The molecule has 0 aliphatic rings. The van der Waals surface area contributed by atoms with Crippen molar-refractivity contribution in [3.05, 3.63) is 58.9 Å². The second kappa shape index (κ2) is 6.12. The maximum Gasteiger partial charge on any atom is 0.261 e. The number of nitrogens with one attached hydrogen (secondary N) is 1. The van der Waals surface area contributed by atoms with Gasteiger partial charge in [-0.2, -0.15) is 5.26 Å². The van der Waals surface area contributed by atoms with Gasteiger partial charge in [-0.25, -0.2) is 12.8 Å². The number of hydrogen-bond acceptors (Lipinski definition) is 3. The Labute approximate surface area is 126 Å². The minimum atomic E-state index is -3.82. The predicted octanol–water partition coefficient (Wildman–Crippen LogP) is 3.35. The van der Waals surface area contributed by atoms with Crippen LogP contribution in [-0.4, -0.2) is 8.42 Å². The van der Waals surface area contributed by atoms with Crippen molar-refractivity contribution in [1.29, 1.82) is 5.26 Å². The first kappa shape index (κ1) is 15.3. The van der Waals surface area contributed by atoms with Gasteiger partial charge in [0, 0.05) is 0 Å². The lowest BCUT2D eigenvalue weighted by Crippen LogP contribution is -2.13. The molecule has 108 valence electrons. The minimum Gasteiger partial charge on any atom is -0.280 e. The third-order valence-electron chi connectivity index (χ3n) is 2.66. The van der Waals surface area contributed by atoms with Crippen LogP contribution in [0.2, 0.25) is 5.02 Å². The van der Waals surface area contributed by atoms with Crippen molar-refractivity contribution in [1.82, 2.24) is 0 Å². The summed E-state index contributed by atoms with van der Waals surface area (Å²) in [5.74, 6) is -0.629. The quantitative estimate of drug-likeness (QED) is 0.937. The molecule has 2 rings (SSSR count). The highest BCUT2D eigenvalue weighted by atomic mass is 35.5. The summed E-state index contributed by atoms with van der Waals surface area (Å²) < 4.78 is 39.8. The van der Waals surface area contributed by atoms with Gasteiger partial charge in [0.15, 0.2) is 0 Å². The molecular formula is C14H10ClFN2O2S. The first-order chi connectivity index (χ1) is 9.92. The summed E-state index contributed by atoms with van der Waals surface area (Å²) in [6, 6.07) is 11.5. The fourth-order valence-corrected chi connectivity index (χ4v) is 2.99. The smallest absolute Gasteiger partial charge is 0.261 e. The molecule has 0 fully saturated rings. The van der Waals surface area contributed by atoms with Crippen molar-refractivity contribution < 1.29 is 12.8 Å². The van der Waals surface area contributed by atoms with Gasteiger partial charge < -0.3 is 0 Å². The number of anilines is 1. The van der Waals surface area contributed by atoms with Gasteiger partial charge in [0.05, 0.1) is 28.1 Å². The number of rotatable bonds is 4. The Morgan fingerprint density at radius 2 is 2.00 bits per heavy atom. The average molecular weight is 325 g/mol. The lowest BCUT2D eigenvalue weighted by Gasteiger charge is -2.09. The highest BCUT2D eigenvalue weighted by Gasteiger charge is 2.15. The van der Waals surface area contributed by atoms with E-state index < -0.39 is 15.8 Å². The van der Waals surface area contributed by atoms with Crippen LogP contribution in [0.15, 0.2) is 47.4 Å². The maximum atomic E-state index is 13.1. The number of nitrogens with zero attached hydrogens (tertiary/aromatic N) is 1. The highest BCUT2D eigenvalue weighted by molar-refractivity contribution is 7.92. The van der Waals surface area contributed by atoms with Crippen molar-refractivity contribution in [3.8, 4) is 6.07 Å². The largest absolute Gasteiger partial charge is 0.280 e. The van der Waals surface area contributed by atoms with Crippen molar-refractivity contribution in [2.24, 2.45) is 0 Å². The fourth-order valence-electron chi connectivity index (χ4n) is 1.69. The Bertz CT molecular complexity index is 816. The second-order valence-corrected chi connectivity index (χ2v) is 6.31. The summed E-state index contributed by atoms with van der Waals surface area (Å²) in [5.41, 5.74) is 0.754. The van der Waals surface area contributed by atoms with Crippen molar-refractivity contribution in [3.63, 3.8) is 0 Å². The summed E-state index contributed by atoms with van der Waals surface area (Å²) >= 11 is 5.61. The molecule has 1 N–H and O–H groups in total. The maximum absolute atomic E-state index is 13.1. The van der Waals surface area contributed by atoms with Gasteiger partial charge in [0.1, 0.15) is 5.82 Å². The Kier molecular flexibility index (Phi) is 4.46. The van der Waals surface area contributed by atoms with Gasteiger partial charge >= 0.3 is 0 Å². The van der Waals surface area contributed by atoms with E-state index in [0.717, 1.165) is 6.07 Å². The van der Waals surface area contributed by atoms with Crippen molar-refractivity contribution in [2.45, 2.75) is 11.3 Å². The third kappa shape index (κ3) is 3.72. The fraction of sp³-hybridized carbons (Fsp3) is 0.0714. The number of benzene rings is 2. The molecule has 21 heavy (non-hydrogen) atoms. The van der Waals surface area contributed by atoms with Crippen molar-refractivity contribution in [2.75, 3.05) is 4.72 Å². The molecule has 0 aliphatic carbocycles. The first-order valence-corrected chi connectivity index (χ1v) is 7.72. The summed E-state index contributed by atoms with van der Waals surface area (Å²) in [7, 11) is -3.82. The molecule has 4 nitrogen and oxygen atoms in total. The second-order valence-electron chi connectivity index (χ2n) is 4.22. The molecule has 0 radical (unpaired) electrons. The van der Waals surface area contributed by atoms with Crippen LogP contribution in [0.25, 0.3) is 0 Å². The lowest BCUT2D eigenvalue weighted by molar-refractivity contribution is 0.601. The molecule has 0 amide bonds. The van der Waals surface area contributed by atoms with Crippen LogP contribution in [0.5, 0.6) is 0 Å². The van der Waals surface area contributed by atoms with E-state index >= 15 is 0 Å². The summed E-state index contributed by atoms with van der Waals surface area (Å²) in [5, 5.41) is 8.47. The van der Waals surface area contributed by atoms with Gasteiger partial charge in [-0.15, -0.1) is 0 Å². The molecule has 0 heterocycles. The van der Waals surface area contributed by atoms with E-state index in [-0.39, 0.29) is 22.0 Å². The molecule has 0 atom stereocenters. The van der Waals surface area contributed by atoms with Crippen LogP contribution >= 0.6 is 11.6 Å². The number of halogens is 2. The van der Waals surface area contributed by atoms with E-state index in [1.807, 2.05) is 6.07 Å². The van der Waals surface area contributed by atoms with E-state index in [1.54, 1.807) is 12.1 Å². The van der Waals surface area contributed by atoms with E-state index in [4.69, 9.17) is 16.9 Å². The van der Waals surface area contributed by atoms with Gasteiger partial charge in [-0.1, -0.05) is 23.7 Å². The van der Waals surface area contributed by atoms with Crippen molar-refractivity contribution >= 4 is 27.3 Å². The predicted molar refractivity (Wildman–Crippen MR) is 78.0 cm³/mol. The molecule has 0 unspecified atom stereocenters. The molecule has 0 aromatic heterocycles. The SMILES string of the molecule is N#CCc1cccc(S(=O)(=O)Nc2ccc(F)c(Cl)c2)c1. The summed E-state index contributed by atoms with van der Waals surface area (Å²) in [4.78, 5) is 0.0238. The third-order valence-corrected chi connectivity index (χ3v) is 4.33. The zero-order valence-corrected chi connectivity index (χ0v) is 12.2. The Hall–Kier alpha value is -2.10. The number of hydrogen-bond donors (Lipinski definition) is 1. The molecule has 0 saturated heterocycles. The van der Waals surface area contributed by atoms with Gasteiger partial charge in [0.2, 0.25) is 0 Å². The van der Waals surface area contributed by atoms with Crippen LogP contribution in [0, 0.1) is 17.1 Å². The van der Waals surface area contributed by atoms with E-state index in [1.165, 1.54) is 24.3 Å². The van der Waals surface area contributed by atoms with Crippen LogP contribution in [0.3, 0.4) is 0 Å². The van der Waals surface area contributed by atoms with Gasteiger partial charge in [0.25, 0.3) is 10.0 Å². The topological polar surface area (TPSA) is 70.0 Å². The molecule has 2 aromatic carbocycles. The Balaban J connectivity index is 2.31. The number of nitriles is 1. The number of sulfonamides is 1. The van der Waals surface area contributed by atoms with E-state index in [0.29, 0.717) is 5.56 Å². The Morgan fingerprint density at radius 3 is 2.67 bits per heavy atom. The summed E-state index contributed by atoms with van der Waals surface area (Å²) in [6.07, 6.45) is 0.117. The molecule has 0 saturated carbocycles. The molecule has 0 spiro atoms. The standard InChI is InChI=1S/C14H10ClFN2O2S/c15-13-9-11(4-5-14(13)16)18-21(19,20)12-3-1-2-10(8-12)6-7-17/h1-5,8-9,18H,6H2. The van der Waals surface area contributed by atoms with E-state index in [2.05, 4.69) is 4.72 Å². The van der Waals surface area contributed by atoms with Crippen LogP contribution in [0.1, 0.15) is 5.56 Å². The monoisotopic (exact) mass is 324 g/mol. The summed E-state index contributed by atoms with van der Waals surface area (Å²) in [6.45, 7) is 0. The zero-order valence-electron chi connectivity index (χ0n) is 10.7. The molecule has 2 aromatic rings. The van der Waals surface area contributed by atoms with Crippen LogP contribution in [0.4, 0.5) is 10.1 Å². The zero-order chi connectivity index (χ0) is 15.5. The van der Waals surface area contributed by atoms with E-state index in [9.17, 15) is 12.8 Å². The van der Waals surface area contributed by atoms with Crippen LogP contribution < -0.4 is 4.72 Å². The highest BCUT2D eigenvalue weighted by Crippen LogP contribution is 2.22. The van der Waals surface area contributed by atoms with Crippen LogP contribution in [-0.2, 0) is 16.4 Å². The normalized spacial score (nSPS) is 10.9. The average Bonchev–Trinajstić information content (AvgIpc) is 2.43. The lowest BCUT2D eigenvalue weighted by atomic mass is 10.2. The van der Waals surface area contributed by atoms with Gasteiger partial charge in [-0.05, 0) is 35.9 Å². The van der Waals surface area contributed by atoms with Gasteiger partial charge in [-0.3, -0.25) is 4.72 Å². The molecule has 0 bridgehead atoms. The Morgan fingerprint density at radius 1 is 1.24 bits per heavy atom. The molecular weight excluding hydrogens is 315 g/mol. The molecule has 7 heteroatoms. The minimum absolute atomic E-state index is 0.0238. The first-order valence-electron chi connectivity index (χ1n) is 5.86.